The minimum Gasteiger partial charge on any atom is -0.324 e. The third kappa shape index (κ3) is 2.87. The van der Waals surface area contributed by atoms with Crippen molar-refractivity contribution in [2.75, 3.05) is 7.05 Å². The normalized spacial score (nSPS) is 26.0. The van der Waals surface area contributed by atoms with Gasteiger partial charge in [0.1, 0.15) is 0 Å². The molecule has 1 aromatic rings. The highest BCUT2D eigenvalue weighted by atomic mass is 19.2. The lowest BCUT2D eigenvalue weighted by atomic mass is 9.79. The summed E-state index contributed by atoms with van der Waals surface area (Å²) in [4.78, 5) is 0. The minimum atomic E-state index is -0.815. The Kier molecular flexibility index (Phi) is 4.30. The fraction of sp³-hybridized carbons (Fsp3) is 0.571. The van der Waals surface area contributed by atoms with Gasteiger partial charge >= 0.3 is 0 Å². The minimum absolute atomic E-state index is 0.196. The SMILES string of the molecule is CNC1CCC(C(N)c2ccc(F)c(F)c2)CC1. The second-order valence-corrected chi connectivity index (χ2v) is 5.10. The Bertz CT molecular complexity index is 401. The number of nitrogens with one attached hydrogen (secondary N) is 1. The summed E-state index contributed by atoms with van der Waals surface area (Å²) in [7, 11) is 1.97. The van der Waals surface area contributed by atoms with E-state index in [0.29, 0.717) is 17.5 Å². The average Bonchev–Trinajstić information content (AvgIpc) is 2.41. The molecule has 1 saturated carbocycles. The van der Waals surface area contributed by atoms with Crippen LogP contribution in [0.4, 0.5) is 8.78 Å². The number of halogens is 2. The predicted molar refractivity (Wildman–Crippen MR) is 68.1 cm³/mol. The lowest BCUT2D eigenvalue weighted by Gasteiger charge is -2.32. The second kappa shape index (κ2) is 5.76. The van der Waals surface area contributed by atoms with E-state index in [1.807, 2.05) is 7.05 Å². The molecule has 0 spiro atoms. The fourth-order valence-corrected chi connectivity index (χ4v) is 2.76. The Morgan fingerprint density at radius 3 is 2.39 bits per heavy atom. The van der Waals surface area contributed by atoms with Gasteiger partial charge in [0.2, 0.25) is 0 Å². The zero-order valence-corrected chi connectivity index (χ0v) is 10.6. The number of hydrogen-bond acceptors (Lipinski definition) is 2. The summed E-state index contributed by atoms with van der Waals surface area (Å²) in [6.07, 6.45) is 4.26. The Balaban J connectivity index is 2.03. The Labute approximate surface area is 107 Å². The van der Waals surface area contributed by atoms with Gasteiger partial charge in [0.05, 0.1) is 0 Å². The van der Waals surface area contributed by atoms with Crippen molar-refractivity contribution in [1.29, 1.82) is 0 Å². The Morgan fingerprint density at radius 1 is 1.17 bits per heavy atom. The van der Waals surface area contributed by atoms with Gasteiger partial charge in [-0.05, 0) is 56.3 Å². The molecule has 2 rings (SSSR count). The van der Waals surface area contributed by atoms with E-state index in [4.69, 9.17) is 5.73 Å². The highest BCUT2D eigenvalue weighted by Gasteiger charge is 2.26. The zero-order chi connectivity index (χ0) is 13.1. The van der Waals surface area contributed by atoms with Crippen LogP contribution < -0.4 is 11.1 Å². The van der Waals surface area contributed by atoms with E-state index in [0.717, 1.165) is 31.7 Å². The highest BCUT2D eigenvalue weighted by Crippen LogP contribution is 2.33. The molecular formula is C14H20F2N2. The van der Waals surface area contributed by atoms with Crippen molar-refractivity contribution in [3.05, 3.63) is 35.4 Å². The van der Waals surface area contributed by atoms with Gasteiger partial charge in [-0.25, -0.2) is 8.78 Å². The molecule has 0 saturated heterocycles. The molecule has 18 heavy (non-hydrogen) atoms. The number of benzene rings is 1. The van der Waals surface area contributed by atoms with Gasteiger partial charge in [0.25, 0.3) is 0 Å². The molecule has 0 amide bonds. The van der Waals surface area contributed by atoms with Crippen LogP contribution in [0.5, 0.6) is 0 Å². The van der Waals surface area contributed by atoms with Crippen LogP contribution in [-0.4, -0.2) is 13.1 Å². The van der Waals surface area contributed by atoms with Crippen LogP contribution in [0.3, 0.4) is 0 Å². The van der Waals surface area contributed by atoms with Crippen molar-refractivity contribution in [2.45, 2.75) is 37.8 Å². The molecule has 0 radical (unpaired) electrons. The van der Waals surface area contributed by atoms with E-state index >= 15 is 0 Å². The van der Waals surface area contributed by atoms with E-state index in [1.165, 1.54) is 6.07 Å². The fourth-order valence-electron chi connectivity index (χ4n) is 2.76. The molecule has 3 N–H and O–H groups in total. The summed E-state index contributed by atoms with van der Waals surface area (Å²) in [5.74, 6) is -1.27. The van der Waals surface area contributed by atoms with E-state index in [-0.39, 0.29) is 6.04 Å². The molecule has 0 bridgehead atoms. The Hall–Kier alpha value is -1.00. The third-order valence-electron chi connectivity index (χ3n) is 4.02. The van der Waals surface area contributed by atoms with Crippen molar-refractivity contribution in [1.82, 2.24) is 5.32 Å². The number of nitrogens with two attached hydrogens (primary N) is 1. The van der Waals surface area contributed by atoms with Gasteiger partial charge in [-0.1, -0.05) is 6.07 Å². The predicted octanol–water partition coefficient (Wildman–Crippen LogP) is 2.74. The largest absolute Gasteiger partial charge is 0.324 e. The molecule has 1 aliphatic carbocycles. The lowest BCUT2D eigenvalue weighted by Crippen LogP contribution is -2.33. The number of hydrogen-bond donors (Lipinski definition) is 2. The maximum atomic E-state index is 13.2. The third-order valence-corrected chi connectivity index (χ3v) is 4.02. The van der Waals surface area contributed by atoms with Crippen LogP contribution in [0.25, 0.3) is 0 Å². The Morgan fingerprint density at radius 2 is 1.83 bits per heavy atom. The van der Waals surface area contributed by atoms with Crippen LogP contribution in [0, 0.1) is 17.6 Å². The van der Waals surface area contributed by atoms with Crippen molar-refractivity contribution in [3.63, 3.8) is 0 Å². The van der Waals surface area contributed by atoms with Crippen LogP contribution >= 0.6 is 0 Å². The molecule has 1 unspecified atom stereocenters. The second-order valence-electron chi connectivity index (χ2n) is 5.10. The maximum absolute atomic E-state index is 13.2. The van der Waals surface area contributed by atoms with E-state index < -0.39 is 11.6 Å². The molecule has 0 heterocycles. The standard InChI is InChI=1S/C14H20F2N2/c1-18-11-5-2-9(3-6-11)14(17)10-4-7-12(15)13(16)8-10/h4,7-9,11,14,18H,2-3,5-6,17H2,1H3. The van der Waals surface area contributed by atoms with Crippen LogP contribution in [0.2, 0.25) is 0 Å². The lowest BCUT2D eigenvalue weighted by molar-refractivity contribution is 0.266. The molecule has 4 heteroatoms. The van der Waals surface area contributed by atoms with E-state index in [1.54, 1.807) is 6.07 Å². The topological polar surface area (TPSA) is 38.0 Å². The zero-order valence-electron chi connectivity index (χ0n) is 10.6. The first-order valence-electron chi connectivity index (χ1n) is 6.49. The van der Waals surface area contributed by atoms with Crippen LogP contribution in [0.15, 0.2) is 18.2 Å². The van der Waals surface area contributed by atoms with Crippen LogP contribution in [0.1, 0.15) is 37.3 Å². The van der Waals surface area contributed by atoms with E-state index in [2.05, 4.69) is 5.32 Å². The van der Waals surface area contributed by atoms with Gasteiger partial charge in [0, 0.05) is 12.1 Å². The molecule has 100 valence electrons. The monoisotopic (exact) mass is 254 g/mol. The van der Waals surface area contributed by atoms with Crippen LogP contribution in [-0.2, 0) is 0 Å². The van der Waals surface area contributed by atoms with Crippen molar-refractivity contribution in [3.8, 4) is 0 Å². The molecule has 0 aliphatic heterocycles. The van der Waals surface area contributed by atoms with Gasteiger partial charge in [-0.15, -0.1) is 0 Å². The smallest absolute Gasteiger partial charge is 0.159 e. The van der Waals surface area contributed by atoms with Crippen molar-refractivity contribution < 1.29 is 8.78 Å². The summed E-state index contributed by atoms with van der Waals surface area (Å²) in [6, 6.07) is 4.34. The summed E-state index contributed by atoms with van der Waals surface area (Å²) < 4.78 is 26.1. The van der Waals surface area contributed by atoms with Gasteiger partial charge in [0.15, 0.2) is 11.6 Å². The molecule has 1 atom stereocenters. The molecule has 2 nitrogen and oxygen atoms in total. The molecular weight excluding hydrogens is 234 g/mol. The molecule has 1 aromatic carbocycles. The van der Waals surface area contributed by atoms with Gasteiger partial charge in [-0.2, -0.15) is 0 Å². The molecule has 1 aliphatic rings. The molecule has 0 aromatic heterocycles. The summed E-state index contributed by atoms with van der Waals surface area (Å²) >= 11 is 0. The first kappa shape index (κ1) is 13.4. The van der Waals surface area contributed by atoms with Gasteiger partial charge < -0.3 is 11.1 Å². The highest BCUT2D eigenvalue weighted by molar-refractivity contribution is 5.21. The molecule has 1 fully saturated rings. The quantitative estimate of drug-likeness (QED) is 0.870. The first-order chi connectivity index (χ1) is 8.61. The summed E-state index contributed by atoms with van der Waals surface area (Å²) in [5.41, 5.74) is 6.86. The van der Waals surface area contributed by atoms with Crippen molar-refractivity contribution in [2.24, 2.45) is 11.7 Å². The summed E-state index contributed by atoms with van der Waals surface area (Å²) in [5, 5.41) is 3.27. The maximum Gasteiger partial charge on any atom is 0.159 e. The average molecular weight is 254 g/mol. The van der Waals surface area contributed by atoms with E-state index in [9.17, 15) is 8.78 Å². The number of rotatable bonds is 3. The first-order valence-corrected chi connectivity index (χ1v) is 6.49. The van der Waals surface area contributed by atoms with Crippen molar-refractivity contribution >= 4 is 0 Å². The summed E-state index contributed by atoms with van der Waals surface area (Å²) in [6.45, 7) is 0. The van der Waals surface area contributed by atoms with Gasteiger partial charge in [-0.3, -0.25) is 0 Å².